The van der Waals surface area contributed by atoms with Crippen LogP contribution in [0.2, 0.25) is 5.02 Å². The van der Waals surface area contributed by atoms with Gasteiger partial charge in [0.1, 0.15) is 5.75 Å². The zero-order chi connectivity index (χ0) is 18.6. The number of nitrogens with zero attached hydrogens (tertiary/aromatic N) is 1. The monoisotopic (exact) mass is 388 g/mol. The molecule has 6 rings (SSSR count). The van der Waals surface area contributed by atoms with Gasteiger partial charge in [-0.15, -0.1) is 0 Å². The molecule has 1 unspecified atom stereocenters. The molecule has 144 valence electrons. The third kappa shape index (κ3) is 2.91. The van der Waals surface area contributed by atoms with Gasteiger partial charge in [0, 0.05) is 29.1 Å². The molecular weight excluding hydrogens is 364 g/mol. The predicted octanol–water partition coefficient (Wildman–Crippen LogP) is 3.16. The zero-order valence-corrected chi connectivity index (χ0v) is 16.1. The van der Waals surface area contributed by atoms with Crippen LogP contribution in [0.4, 0.5) is 0 Å². The Kier molecular flexibility index (Phi) is 3.94. The van der Waals surface area contributed by atoms with Gasteiger partial charge < -0.3 is 15.0 Å². The number of hydrogen-bond acceptors (Lipinski definition) is 3. The third-order valence-corrected chi connectivity index (χ3v) is 7.39. The van der Waals surface area contributed by atoms with Crippen LogP contribution in [-0.2, 0) is 9.59 Å². The lowest BCUT2D eigenvalue weighted by Crippen LogP contribution is -2.84. The Morgan fingerprint density at radius 3 is 2.52 bits per heavy atom. The van der Waals surface area contributed by atoms with Crippen molar-refractivity contribution < 1.29 is 14.3 Å². The SMILES string of the molecule is O=C(COc1ccc(Cl)cc1)NC12CC(N3CC(C4CCC4)CC3=O)(C1)C2. The van der Waals surface area contributed by atoms with E-state index in [1.54, 1.807) is 24.3 Å². The van der Waals surface area contributed by atoms with Gasteiger partial charge in [-0.3, -0.25) is 9.59 Å². The Bertz CT molecular complexity index is 754. The van der Waals surface area contributed by atoms with Crippen molar-refractivity contribution in [2.24, 2.45) is 11.8 Å². The first-order valence-electron chi connectivity index (χ1n) is 9.97. The number of nitrogens with one attached hydrogen (secondary N) is 1. The van der Waals surface area contributed by atoms with Crippen LogP contribution >= 0.6 is 11.6 Å². The quantitative estimate of drug-likeness (QED) is 0.814. The summed E-state index contributed by atoms with van der Waals surface area (Å²) in [5.41, 5.74) is -0.0881. The molecule has 1 atom stereocenters. The Hall–Kier alpha value is -1.75. The second-order valence-corrected chi connectivity index (χ2v) is 9.42. The van der Waals surface area contributed by atoms with Gasteiger partial charge in [0.25, 0.3) is 5.91 Å². The molecule has 0 radical (unpaired) electrons. The van der Waals surface area contributed by atoms with Crippen LogP contribution in [-0.4, -0.2) is 40.9 Å². The highest BCUT2D eigenvalue weighted by molar-refractivity contribution is 6.30. The normalized spacial score (nSPS) is 34.5. The fraction of sp³-hybridized carbons (Fsp3) is 0.619. The summed E-state index contributed by atoms with van der Waals surface area (Å²) in [5.74, 6) is 2.20. The van der Waals surface area contributed by atoms with Crippen LogP contribution in [0.1, 0.15) is 44.9 Å². The minimum absolute atomic E-state index is 0.00276. The third-order valence-electron chi connectivity index (χ3n) is 7.13. The lowest BCUT2D eigenvalue weighted by Gasteiger charge is -2.73. The molecule has 1 heterocycles. The first-order valence-corrected chi connectivity index (χ1v) is 10.3. The first-order chi connectivity index (χ1) is 13.0. The summed E-state index contributed by atoms with van der Waals surface area (Å²) >= 11 is 5.85. The van der Waals surface area contributed by atoms with E-state index < -0.39 is 0 Å². The van der Waals surface area contributed by atoms with Crippen molar-refractivity contribution in [1.29, 1.82) is 0 Å². The molecule has 0 spiro atoms. The number of rotatable bonds is 6. The van der Waals surface area contributed by atoms with Crippen molar-refractivity contribution in [3.05, 3.63) is 29.3 Å². The number of carbonyl (C=O) groups excluding carboxylic acids is 2. The van der Waals surface area contributed by atoms with Gasteiger partial charge in [0.05, 0.1) is 0 Å². The predicted molar refractivity (Wildman–Crippen MR) is 102 cm³/mol. The fourth-order valence-corrected chi connectivity index (χ4v) is 5.71. The molecule has 4 aliphatic carbocycles. The number of halogens is 1. The van der Waals surface area contributed by atoms with Gasteiger partial charge in [0.15, 0.2) is 6.61 Å². The highest BCUT2D eigenvalue weighted by Crippen LogP contribution is 2.64. The number of amides is 2. The van der Waals surface area contributed by atoms with Crippen molar-refractivity contribution >= 4 is 23.4 Å². The average Bonchev–Trinajstić information content (AvgIpc) is 2.88. The second-order valence-electron chi connectivity index (χ2n) is 8.99. The van der Waals surface area contributed by atoms with Crippen LogP contribution in [0.15, 0.2) is 24.3 Å². The largest absolute Gasteiger partial charge is 0.484 e. The molecule has 6 heteroatoms. The summed E-state index contributed by atoms with van der Waals surface area (Å²) in [6, 6.07) is 6.99. The maximum atomic E-state index is 12.5. The van der Waals surface area contributed by atoms with E-state index in [0.29, 0.717) is 22.6 Å². The molecule has 5 fully saturated rings. The summed E-state index contributed by atoms with van der Waals surface area (Å²) in [7, 11) is 0. The van der Waals surface area contributed by atoms with E-state index in [1.165, 1.54) is 19.3 Å². The standard InChI is InChI=1S/C21H25ClN2O3/c22-16-4-6-17(7-5-16)27-10-18(25)23-20-11-21(12-20,13-20)24-9-15(8-19(24)26)14-2-1-3-14/h4-7,14-15H,1-3,8-13H2,(H,23,25). The summed E-state index contributed by atoms with van der Waals surface area (Å²) in [6.07, 6.45) is 7.36. The highest BCUT2D eigenvalue weighted by Gasteiger charge is 2.72. The number of benzene rings is 1. The van der Waals surface area contributed by atoms with Gasteiger partial charge in [-0.1, -0.05) is 30.9 Å². The maximum Gasteiger partial charge on any atom is 0.258 e. The van der Waals surface area contributed by atoms with Crippen molar-refractivity contribution in [3.63, 3.8) is 0 Å². The molecular formula is C21H25ClN2O3. The number of likely N-dealkylation sites (tertiary alicyclic amines) is 1. The fourth-order valence-electron chi connectivity index (χ4n) is 5.59. The summed E-state index contributed by atoms with van der Waals surface area (Å²) in [5, 5.41) is 3.77. The first kappa shape index (κ1) is 17.4. The number of hydrogen-bond donors (Lipinski definition) is 1. The minimum atomic E-state index is -0.116. The topological polar surface area (TPSA) is 58.6 Å². The van der Waals surface area contributed by atoms with Crippen molar-refractivity contribution in [2.45, 2.75) is 56.0 Å². The van der Waals surface area contributed by atoms with E-state index in [-0.39, 0.29) is 23.6 Å². The van der Waals surface area contributed by atoms with E-state index in [1.807, 2.05) is 0 Å². The Morgan fingerprint density at radius 2 is 1.89 bits per heavy atom. The molecule has 1 N–H and O–H groups in total. The second kappa shape index (κ2) is 6.13. The average molecular weight is 389 g/mol. The van der Waals surface area contributed by atoms with E-state index in [0.717, 1.165) is 38.1 Å². The molecule has 1 aromatic rings. The molecule has 2 amide bonds. The summed E-state index contributed by atoms with van der Waals surface area (Å²) < 4.78 is 5.52. The molecule has 1 aromatic carbocycles. The van der Waals surface area contributed by atoms with Gasteiger partial charge in [-0.2, -0.15) is 0 Å². The van der Waals surface area contributed by atoms with Crippen LogP contribution in [0.25, 0.3) is 0 Å². The molecule has 1 aliphatic heterocycles. The lowest BCUT2D eigenvalue weighted by molar-refractivity contribution is -0.187. The van der Waals surface area contributed by atoms with Crippen LogP contribution in [0, 0.1) is 11.8 Å². The van der Waals surface area contributed by atoms with Crippen molar-refractivity contribution in [1.82, 2.24) is 10.2 Å². The maximum absolute atomic E-state index is 12.5. The zero-order valence-electron chi connectivity index (χ0n) is 15.4. The molecule has 5 nitrogen and oxygen atoms in total. The van der Waals surface area contributed by atoms with Gasteiger partial charge in [-0.25, -0.2) is 0 Å². The smallest absolute Gasteiger partial charge is 0.258 e. The molecule has 2 bridgehead atoms. The summed E-state index contributed by atoms with van der Waals surface area (Å²) in [4.78, 5) is 26.9. The summed E-state index contributed by atoms with van der Waals surface area (Å²) in [6.45, 7) is 0.940. The Balaban J connectivity index is 1.10. The van der Waals surface area contributed by atoms with Crippen molar-refractivity contribution in [3.8, 4) is 5.75 Å². The van der Waals surface area contributed by atoms with E-state index >= 15 is 0 Å². The van der Waals surface area contributed by atoms with Gasteiger partial charge in [-0.05, 0) is 55.4 Å². The van der Waals surface area contributed by atoms with Gasteiger partial charge >= 0.3 is 0 Å². The Labute approximate surface area is 164 Å². The lowest BCUT2D eigenvalue weighted by atomic mass is 9.43. The molecule has 4 saturated carbocycles. The molecule has 5 aliphatic rings. The van der Waals surface area contributed by atoms with Gasteiger partial charge in [0.2, 0.25) is 5.91 Å². The Morgan fingerprint density at radius 1 is 1.19 bits per heavy atom. The number of ether oxygens (including phenoxy) is 1. The van der Waals surface area contributed by atoms with Crippen molar-refractivity contribution in [2.75, 3.05) is 13.2 Å². The van der Waals surface area contributed by atoms with Crippen LogP contribution < -0.4 is 10.1 Å². The molecule has 27 heavy (non-hydrogen) atoms. The van der Waals surface area contributed by atoms with E-state index in [4.69, 9.17) is 16.3 Å². The molecule has 1 saturated heterocycles. The van der Waals surface area contributed by atoms with E-state index in [2.05, 4.69) is 10.2 Å². The minimum Gasteiger partial charge on any atom is -0.484 e. The van der Waals surface area contributed by atoms with E-state index in [9.17, 15) is 9.59 Å². The number of carbonyl (C=O) groups is 2. The highest BCUT2D eigenvalue weighted by atomic mass is 35.5. The molecule has 0 aromatic heterocycles. The van der Waals surface area contributed by atoms with Crippen LogP contribution in [0.5, 0.6) is 5.75 Å². The van der Waals surface area contributed by atoms with Crippen LogP contribution in [0.3, 0.4) is 0 Å².